The van der Waals surface area contributed by atoms with E-state index in [1.165, 1.54) is 6.07 Å². The van der Waals surface area contributed by atoms with Gasteiger partial charge in [-0.05, 0) is 31.2 Å². The molecule has 0 aliphatic heterocycles. The molecule has 0 saturated carbocycles. The first kappa shape index (κ1) is 15.3. The molecule has 110 valence electrons. The second-order valence-corrected chi connectivity index (χ2v) is 5.14. The number of anilines is 1. The van der Waals surface area contributed by atoms with Gasteiger partial charge < -0.3 is 10.0 Å². The van der Waals surface area contributed by atoms with Crippen LogP contribution in [-0.2, 0) is 4.79 Å². The zero-order valence-electron chi connectivity index (χ0n) is 11.5. The smallest absolute Gasteiger partial charge is 0.323 e. The lowest BCUT2D eigenvalue weighted by atomic mass is 10.1. The largest absolute Gasteiger partial charge is 0.480 e. The average molecular weight is 308 g/mol. The van der Waals surface area contributed by atoms with Crippen LogP contribution in [0.3, 0.4) is 0 Å². The summed E-state index contributed by atoms with van der Waals surface area (Å²) in [5.41, 5.74) is 1.08. The molecule has 0 amide bonds. The standard InChI is InChI=1S/C16H15ClFNO2/c1-11(14-7-2-3-8-15(14)18)19(10-16(20)21)13-6-4-5-12(17)9-13/h2-9,11H,10H2,1H3,(H,20,21). The fourth-order valence-corrected chi connectivity index (χ4v) is 2.42. The van der Waals surface area contributed by atoms with Crippen LogP contribution in [0, 0.1) is 5.82 Å². The summed E-state index contributed by atoms with van der Waals surface area (Å²) >= 11 is 5.96. The van der Waals surface area contributed by atoms with Crippen molar-refractivity contribution >= 4 is 23.3 Å². The number of nitrogens with zero attached hydrogens (tertiary/aromatic N) is 1. The molecule has 0 heterocycles. The molecule has 1 atom stereocenters. The van der Waals surface area contributed by atoms with E-state index in [-0.39, 0.29) is 12.4 Å². The van der Waals surface area contributed by atoms with Crippen molar-refractivity contribution in [3.05, 3.63) is 64.9 Å². The first-order valence-electron chi connectivity index (χ1n) is 6.47. The molecule has 5 heteroatoms. The Morgan fingerprint density at radius 1 is 1.29 bits per heavy atom. The number of carbonyl (C=O) groups is 1. The van der Waals surface area contributed by atoms with Gasteiger partial charge in [-0.15, -0.1) is 0 Å². The lowest BCUT2D eigenvalue weighted by molar-refractivity contribution is -0.135. The van der Waals surface area contributed by atoms with Gasteiger partial charge in [0.05, 0.1) is 6.04 Å². The molecule has 0 aromatic heterocycles. The van der Waals surface area contributed by atoms with Crippen molar-refractivity contribution in [2.75, 3.05) is 11.4 Å². The number of rotatable bonds is 5. The Morgan fingerprint density at radius 2 is 2.00 bits per heavy atom. The zero-order chi connectivity index (χ0) is 15.4. The molecular formula is C16H15ClFNO2. The van der Waals surface area contributed by atoms with Crippen molar-refractivity contribution in [2.45, 2.75) is 13.0 Å². The maximum absolute atomic E-state index is 13.9. The highest BCUT2D eigenvalue weighted by atomic mass is 35.5. The van der Waals surface area contributed by atoms with Crippen molar-refractivity contribution in [1.82, 2.24) is 0 Å². The van der Waals surface area contributed by atoms with Crippen LogP contribution in [0.1, 0.15) is 18.5 Å². The fourth-order valence-electron chi connectivity index (χ4n) is 2.23. The number of benzene rings is 2. The summed E-state index contributed by atoms with van der Waals surface area (Å²) in [5.74, 6) is -1.35. The minimum atomic E-state index is -0.988. The van der Waals surface area contributed by atoms with E-state index in [2.05, 4.69) is 0 Å². The minimum Gasteiger partial charge on any atom is -0.480 e. The van der Waals surface area contributed by atoms with Crippen LogP contribution in [0.2, 0.25) is 5.02 Å². The van der Waals surface area contributed by atoms with Crippen LogP contribution in [0.5, 0.6) is 0 Å². The van der Waals surface area contributed by atoms with Gasteiger partial charge in [0.15, 0.2) is 0 Å². The molecule has 21 heavy (non-hydrogen) atoms. The average Bonchev–Trinajstić information content (AvgIpc) is 2.44. The number of carboxylic acid groups (broad SMARTS) is 1. The summed E-state index contributed by atoms with van der Waals surface area (Å²) in [6, 6.07) is 12.8. The maximum atomic E-state index is 13.9. The SMILES string of the molecule is CC(c1ccccc1F)N(CC(=O)O)c1cccc(Cl)c1. The third-order valence-electron chi connectivity index (χ3n) is 3.27. The summed E-state index contributed by atoms with van der Waals surface area (Å²) in [6.45, 7) is 1.53. The molecule has 0 aliphatic rings. The Kier molecular flexibility index (Phi) is 4.81. The highest BCUT2D eigenvalue weighted by Crippen LogP contribution is 2.29. The number of hydrogen-bond donors (Lipinski definition) is 1. The second kappa shape index (κ2) is 6.59. The quantitative estimate of drug-likeness (QED) is 0.903. The number of halogens is 2. The third kappa shape index (κ3) is 3.73. The molecule has 0 saturated heterocycles. The topological polar surface area (TPSA) is 40.5 Å². The molecule has 3 nitrogen and oxygen atoms in total. The van der Waals surface area contributed by atoms with Crippen LogP contribution in [0.15, 0.2) is 48.5 Å². The minimum absolute atomic E-state index is 0.240. The predicted octanol–water partition coefficient (Wildman–Crippen LogP) is 4.13. The van der Waals surface area contributed by atoms with Gasteiger partial charge in [-0.1, -0.05) is 35.9 Å². The van der Waals surface area contributed by atoms with E-state index < -0.39 is 12.0 Å². The molecular weight excluding hydrogens is 293 g/mol. The first-order valence-corrected chi connectivity index (χ1v) is 6.85. The highest BCUT2D eigenvalue weighted by Gasteiger charge is 2.21. The van der Waals surface area contributed by atoms with E-state index >= 15 is 0 Å². The summed E-state index contributed by atoms with van der Waals surface area (Å²) in [4.78, 5) is 12.7. The van der Waals surface area contributed by atoms with Crippen molar-refractivity contribution in [2.24, 2.45) is 0 Å². The summed E-state index contributed by atoms with van der Waals surface area (Å²) in [5, 5.41) is 9.61. The van der Waals surface area contributed by atoms with Gasteiger partial charge in [0, 0.05) is 16.3 Å². The van der Waals surface area contributed by atoms with Crippen molar-refractivity contribution < 1.29 is 14.3 Å². The third-order valence-corrected chi connectivity index (χ3v) is 3.50. The normalized spacial score (nSPS) is 12.0. The van der Waals surface area contributed by atoms with Gasteiger partial charge in [0.2, 0.25) is 0 Å². The molecule has 2 rings (SSSR count). The Bertz CT molecular complexity index is 648. The van der Waals surface area contributed by atoms with Gasteiger partial charge in [0.25, 0.3) is 0 Å². The molecule has 1 unspecified atom stereocenters. The molecule has 0 radical (unpaired) electrons. The number of carboxylic acids is 1. The number of aliphatic carboxylic acids is 1. The Morgan fingerprint density at radius 3 is 2.62 bits per heavy atom. The van der Waals surface area contributed by atoms with Gasteiger partial charge in [-0.3, -0.25) is 4.79 Å². The molecule has 0 bridgehead atoms. The Hall–Kier alpha value is -2.07. The van der Waals surface area contributed by atoms with Crippen LogP contribution in [0.25, 0.3) is 0 Å². The number of hydrogen-bond acceptors (Lipinski definition) is 2. The highest BCUT2D eigenvalue weighted by molar-refractivity contribution is 6.30. The monoisotopic (exact) mass is 307 g/mol. The Labute approximate surface area is 127 Å². The van der Waals surface area contributed by atoms with Crippen LogP contribution in [-0.4, -0.2) is 17.6 Å². The summed E-state index contributed by atoms with van der Waals surface area (Å²) < 4.78 is 13.9. The summed E-state index contributed by atoms with van der Waals surface area (Å²) in [7, 11) is 0. The fraction of sp³-hybridized carbons (Fsp3) is 0.188. The molecule has 2 aromatic rings. The molecule has 2 aromatic carbocycles. The van der Waals surface area contributed by atoms with Crippen molar-refractivity contribution in [1.29, 1.82) is 0 Å². The van der Waals surface area contributed by atoms with Crippen LogP contribution in [0.4, 0.5) is 10.1 Å². The van der Waals surface area contributed by atoms with Gasteiger partial charge in [-0.25, -0.2) is 4.39 Å². The van der Waals surface area contributed by atoms with Crippen molar-refractivity contribution in [3.8, 4) is 0 Å². The summed E-state index contributed by atoms with van der Waals surface area (Å²) in [6.07, 6.45) is 0. The zero-order valence-corrected chi connectivity index (χ0v) is 12.2. The maximum Gasteiger partial charge on any atom is 0.323 e. The van der Waals surface area contributed by atoms with E-state index in [4.69, 9.17) is 16.7 Å². The van der Waals surface area contributed by atoms with E-state index in [0.717, 1.165) is 0 Å². The van der Waals surface area contributed by atoms with Gasteiger partial charge >= 0.3 is 5.97 Å². The van der Waals surface area contributed by atoms with E-state index in [0.29, 0.717) is 16.3 Å². The molecule has 0 spiro atoms. The van der Waals surface area contributed by atoms with E-state index in [1.807, 2.05) is 0 Å². The van der Waals surface area contributed by atoms with E-state index in [9.17, 15) is 9.18 Å². The molecule has 0 aliphatic carbocycles. The lowest BCUT2D eigenvalue weighted by Gasteiger charge is -2.30. The second-order valence-electron chi connectivity index (χ2n) is 4.70. The van der Waals surface area contributed by atoms with Gasteiger partial charge in [0.1, 0.15) is 12.4 Å². The first-order chi connectivity index (χ1) is 9.99. The Balaban J connectivity index is 2.40. The lowest BCUT2D eigenvalue weighted by Crippen LogP contribution is -2.32. The molecule has 0 fully saturated rings. The predicted molar refractivity (Wildman–Crippen MR) is 81.2 cm³/mol. The van der Waals surface area contributed by atoms with Gasteiger partial charge in [-0.2, -0.15) is 0 Å². The van der Waals surface area contributed by atoms with Crippen molar-refractivity contribution in [3.63, 3.8) is 0 Å². The van der Waals surface area contributed by atoms with Crippen LogP contribution >= 0.6 is 11.6 Å². The molecule has 1 N–H and O–H groups in total. The van der Waals surface area contributed by atoms with E-state index in [1.54, 1.807) is 54.3 Å². The van der Waals surface area contributed by atoms with Crippen LogP contribution < -0.4 is 4.90 Å².